The molecule has 0 bridgehead atoms. The number of amides is 1. The highest BCUT2D eigenvalue weighted by Gasteiger charge is 2.30. The lowest BCUT2D eigenvalue weighted by molar-refractivity contribution is 0.0904. The zero-order valence-electron chi connectivity index (χ0n) is 14.2. The SMILES string of the molecule is CNC(=O)c1ccc(CNC[C@@H]2CCO[C@@H]2c2cnn(C)c2)cc1. The molecule has 6 nitrogen and oxygen atoms in total. The molecule has 6 heteroatoms. The Morgan fingerprint density at radius 3 is 2.83 bits per heavy atom. The number of hydrogen-bond donors (Lipinski definition) is 2. The highest BCUT2D eigenvalue weighted by atomic mass is 16.5. The molecule has 1 aliphatic rings. The van der Waals surface area contributed by atoms with Crippen molar-refractivity contribution in [3.05, 3.63) is 53.3 Å². The predicted molar refractivity (Wildman–Crippen MR) is 91.5 cm³/mol. The summed E-state index contributed by atoms with van der Waals surface area (Å²) in [6, 6.07) is 7.68. The Labute approximate surface area is 142 Å². The molecule has 24 heavy (non-hydrogen) atoms. The second kappa shape index (κ2) is 7.59. The smallest absolute Gasteiger partial charge is 0.251 e. The number of ether oxygens (including phenoxy) is 1. The Kier molecular flexibility index (Phi) is 5.27. The van der Waals surface area contributed by atoms with E-state index >= 15 is 0 Å². The van der Waals surface area contributed by atoms with Crippen LogP contribution >= 0.6 is 0 Å². The number of benzene rings is 1. The molecule has 2 aromatic rings. The first kappa shape index (κ1) is 16.7. The number of aryl methyl sites for hydroxylation is 1. The van der Waals surface area contributed by atoms with Crippen molar-refractivity contribution >= 4 is 5.91 Å². The van der Waals surface area contributed by atoms with Crippen molar-refractivity contribution in [2.75, 3.05) is 20.2 Å². The Bertz CT molecular complexity index is 681. The van der Waals surface area contributed by atoms with E-state index in [1.54, 1.807) is 7.05 Å². The van der Waals surface area contributed by atoms with Crippen LogP contribution in [0.1, 0.15) is 34.0 Å². The molecule has 3 rings (SSSR count). The maximum Gasteiger partial charge on any atom is 0.251 e. The molecule has 1 fully saturated rings. The zero-order chi connectivity index (χ0) is 16.9. The summed E-state index contributed by atoms with van der Waals surface area (Å²) in [5, 5.41) is 10.4. The van der Waals surface area contributed by atoms with Gasteiger partial charge in [-0.3, -0.25) is 9.48 Å². The molecule has 128 valence electrons. The van der Waals surface area contributed by atoms with E-state index in [2.05, 4.69) is 15.7 Å². The normalized spacial score (nSPS) is 20.2. The van der Waals surface area contributed by atoms with E-state index in [0.717, 1.165) is 31.7 Å². The van der Waals surface area contributed by atoms with Crippen LogP contribution in [0.3, 0.4) is 0 Å². The van der Waals surface area contributed by atoms with Gasteiger partial charge in [0.2, 0.25) is 0 Å². The summed E-state index contributed by atoms with van der Waals surface area (Å²) in [5.41, 5.74) is 3.00. The van der Waals surface area contributed by atoms with Crippen molar-refractivity contribution in [2.24, 2.45) is 13.0 Å². The van der Waals surface area contributed by atoms with Gasteiger partial charge in [-0.05, 0) is 24.1 Å². The lowest BCUT2D eigenvalue weighted by atomic mass is 9.97. The summed E-state index contributed by atoms with van der Waals surface area (Å²) in [6.45, 7) is 2.48. The predicted octanol–water partition coefficient (Wildman–Crippen LogP) is 1.65. The number of hydrogen-bond acceptors (Lipinski definition) is 4. The molecule has 2 heterocycles. The fourth-order valence-corrected chi connectivity index (χ4v) is 3.12. The summed E-state index contributed by atoms with van der Waals surface area (Å²) in [4.78, 5) is 11.5. The summed E-state index contributed by atoms with van der Waals surface area (Å²) >= 11 is 0. The van der Waals surface area contributed by atoms with Crippen molar-refractivity contribution in [3.63, 3.8) is 0 Å². The average molecular weight is 328 g/mol. The topological polar surface area (TPSA) is 68.2 Å². The van der Waals surface area contributed by atoms with Crippen molar-refractivity contribution in [1.29, 1.82) is 0 Å². The van der Waals surface area contributed by atoms with E-state index in [0.29, 0.717) is 11.5 Å². The number of nitrogens with one attached hydrogen (secondary N) is 2. The van der Waals surface area contributed by atoms with Crippen LogP contribution < -0.4 is 10.6 Å². The van der Waals surface area contributed by atoms with Gasteiger partial charge in [-0.1, -0.05) is 12.1 Å². The highest BCUT2D eigenvalue weighted by Crippen LogP contribution is 2.33. The molecule has 2 atom stereocenters. The number of aromatic nitrogens is 2. The molecule has 1 aromatic carbocycles. The van der Waals surface area contributed by atoms with E-state index in [1.807, 2.05) is 48.4 Å². The lowest BCUT2D eigenvalue weighted by Crippen LogP contribution is -2.24. The molecule has 1 aromatic heterocycles. The number of carbonyl (C=O) groups excluding carboxylic acids is 1. The monoisotopic (exact) mass is 328 g/mol. The second-order valence-electron chi connectivity index (χ2n) is 6.19. The Balaban J connectivity index is 1.51. The van der Waals surface area contributed by atoms with Crippen molar-refractivity contribution < 1.29 is 9.53 Å². The molecule has 1 saturated heterocycles. The first-order valence-electron chi connectivity index (χ1n) is 8.29. The minimum absolute atomic E-state index is 0.0584. The summed E-state index contributed by atoms with van der Waals surface area (Å²) in [5.74, 6) is 0.399. The number of carbonyl (C=O) groups is 1. The number of nitrogens with zero attached hydrogens (tertiary/aromatic N) is 2. The molecule has 0 spiro atoms. The van der Waals surface area contributed by atoms with Gasteiger partial charge in [0.15, 0.2) is 0 Å². The first-order valence-corrected chi connectivity index (χ1v) is 8.29. The van der Waals surface area contributed by atoms with Crippen LogP contribution in [-0.4, -0.2) is 35.9 Å². The molecule has 0 aliphatic carbocycles. The summed E-state index contributed by atoms with van der Waals surface area (Å²) in [6.07, 6.45) is 5.10. The van der Waals surface area contributed by atoms with E-state index in [-0.39, 0.29) is 12.0 Å². The van der Waals surface area contributed by atoms with Crippen molar-refractivity contribution in [1.82, 2.24) is 20.4 Å². The van der Waals surface area contributed by atoms with Gasteiger partial charge in [-0.2, -0.15) is 5.10 Å². The molecule has 2 N–H and O–H groups in total. The largest absolute Gasteiger partial charge is 0.373 e. The highest BCUT2D eigenvalue weighted by molar-refractivity contribution is 5.93. The van der Waals surface area contributed by atoms with Gasteiger partial charge in [0.1, 0.15) is 0 Å². The van der Waals surface area contributed by atoms with Crippen LogP contribution in [0.2, 0.25) is 0 Å². The first-order chi connectivity index (χ1) is 11.7. The van der Waals surface area contributed by atoms with Crippen LogP contribution in [0.25, 0.3) is 0 Å². The Morgan fingerprint density at radius 1 is 1.38 bits per heavy atom. The maximum absolute atomic E-state index is 11.5. The van der Waals surface area contributed by atoms with Gasteiger partial charge in [-0.15, -0.1) is 0 Å². The lowest BCUT2D eigenvalue weighted by Gasteiger charge is -2.18. The molecular weight excluding hydrogens is 304 g/mol. The van der Waals surface area contributed by atoms with Gasteiger partial charge in [-0.25, -0.2) is 0 Å². The van der Waals surface area contributed by atoms with E-state index in [4.69, 9.17) is 4.74 Å². The van der Waals surface area contributed by atoms with E-state index in [1.165, 1.54) is 5.56 Å². The van der Waals surface area contributed by atoms with E-state index in [9.17, 15) is 4.79 Å². The Hall–Kier alpha value is -2.18. The van der Waals surface area contributed by atoms with Crippen molar-refractivity contribution in [3.8, 4) is 0 Å². The molecule has 0 saturated carbocycles. The van der Waals surface area contributed by atoms with Crippen LogP contribution in [0.5, 0.6) is 0 Å². The molecular formula is C18H24N4O2. The standard InChI is InChI=1S/C18H24N4O2/c1-19-18(23)14-5-3-13(4-6-14)9-20-10-15-7-8-24-17(15)16-11-21-22(2)12-16/h3-6,11-12,15,17,20H,7-10H2,1-2H3,(H,19,23)/t15-,17-/m0/s1. The van der Waals surface area contributed by atoms with Crippen LogP contribution in [0.4, 0.5) is 0 Å². The molecule has 1 aliphatic heterocycles. The van der Waals surface area contributed by atoms with Crippen LogP contribution in [0.15, 0.2) is 36.7 Å². The minimum Gasteiger partial charge on any atom is -0.373 e. The fraction of sp³-hybridized carbons (Fsp3) is 0.444. The van der Waals surface area contributed by atoms with Gasteiger partial charge in [0.05, 0.1) is 12.3 Å². The third-order valence-corrected chi connectivity index (χ3v) is 4.45. The number of rotatable bonds is 6. The van der Waals surface area contributed by atoms with Crippen LogP contribution in [0, 0.1) is 5.92 Å². The summed E-state index contributed by atoms with van der Waals surface area (Å²) in [7, 11) is 3.56. The van der Waals surface area contributed by atoms with Gasteiger partial charge in [0.25, 0.3) is 5.91 Å². The van der Waals surface area contributed by atoms with E-state index < -0.39 is 0 Å². The maximum atomic E-state index is 11.5. The van der Waals surface area contributed by atoms with Gasteiger partial charge >= 0.3 is 0 Å². The van der Waals surface area contributed by atoms with Gasteiger partial charge in [0, 0.05) is 57.0 Å². The quantitative estimate of drug-likeness (QED) is 0.846. The summed E-state index contributed by atoms with van der Waals surface area (Å²) < 4.78 is 7.70. The van der Waals surface area contributed by atoms with Gasteiger partial charge < -0.3 is 15.4 Å². The molecule has 0 unspecified atom stereocenters. The minimum atomic E-state index is -0.0584. The molecule has 1 amide bonds. The molecule has 0 radical (unpaired) electrons. The third-order valence-electron chi connectivity index (χ3n) is 4.45. The average Bonchev–Trinajstić information content (AvgIpc) is 3.23. The van der Waals surface area contributed by atoms with Crippen molar-refractivity contribution in [2.45, 2.75) is 19.1 Å². The third kappa shape index (κ3) is 3.83. The van der Waals surface area contributed by atoms with Crippen LogP contribution in [-0.2, 0) is 18.3 Å². The zero-order valence-corrected chi connectivity index (χ0v) is 14.2. The Morgan fingerprint density at radius 2 is 2.17 bits per heavy atom. The second-order valence-corrected chi connectivity index (χ2v) is 6.19. The fourth-order valence-electron chi connectivity index (χ4n) is 3.12.